The van der Waals surface area contributed by atoms with Gasteiger partial charge in [-0.3, -0.25) is 4.90 Å². The molecular formula is C18H28N2O2S. The molecule has 1 aromatic rings. The van der Waals surface area contributed by atoms with Crippen molar-refractivity contribution in [3.63, 3.8) is 0 Å². The van der Waals surface area contributed by atoms with Gasteiger partial charge in [-0.05, 0) is 57.4 Å². The Bertz CT molecular complexity index is 639. The number of benzene rings is 1. The normalized spacial score (nSPS) is 25.8. The van der Waals surface area contributed by atoms with Crippen molar-refractivity contribution in [1.82, 2.24) is 4.90 Å². The maximum absolute atomic E-state index is 11.9. The number of anilines is 1. The molecule has 0 saturated carbocycles. The zero-order valence-electron chi connectivity index (χ0n) is 14.4. The third-order valence-electron chi connectivity index (χ3n) is 5.38. The number of hydrogen-bond acceptors (Lipinski definition) is 4. The molecule has 0 amide bonds. The lowest BCUT2D eigenvalue weighted by Crippen LogP contribution is -2.43. The van der Waals surface area contributed by atoms with Crippen LogP contribution in [0, 0.1) is 0 Å². The first-order valence-electron chi connectivity index (χ1n) is 8.77. The lowest BCUT2D eigenvalue weighted by molar-refractivity contribution is 0.158. The van der Waals surface area contributed by atoms with Gasteiger partial charge in [0.2, 0.25) is 0 Å². The second-order valence-electron chi connectivity index (χ2n) is 7.06. The predicted octanol–water partition coefficient (Wildman–Crippen LogP) is 2.93. The summed E-state index contributed by atoms with van der Waals surface area (Å²) in [4.78, 5) is 5.56. The molecular weight excluding hydrogens is 308 g/mol. The van der Waals surface area contributed by atoms with E-state index in [1.54, 1.807) is 19.1 Å². The first kappa shape index (κ1) is 16.8. The summed E-state index contributed by atoms with van der Waals surface area (Å²) in [5, 5.41) is 0. The third-order valence-corrected chi connectivity index (χ3v) is 7.13. The van der Waals surface area contributed by atoms with Gasteiger partial charge in [0.25, 0.3) is 0 Å². The van der Waals surface area contributed by atoms with Crippen molar-refractivity contribution >= 4 is 15.5 Å². The topological polar surface area (TPSA) is 40.6 Å². The smallest absolute Gasteiger partial charge is 0.178 e. The van der Waals surface area contributed by atoms with Gasteiger partial charge in [-0.1, -0.05) is 6.92 Å². The van der Waals surface area contributed by atoms with E-state index in [4.69, 9.17) is 0 Å². The monoisotopic (exact) mass is 336 g/mol. The molecule has 128 valence electrons. The first-order chi connectivity index (χ1) is 10.9. The molecule has 2 bridgehead atoms. The maximum atomic E-state index is 11.9. The number of fused-ring (bicyclic) bond motifs is 2. The van der Waals surface area contributed by atoms with Crippen LogP contribution in [0.25, 0.3) is 0 Å². The summed E-state index contributed by atoms with van der Waals surface area (Å²) < 4.78 is 23.9. The summed E-state index contributed by atoms with van der Waals surface area (Å²) in [5.74, 6) is 0.156. The Labute approximate surface area is 140 Å². The van der Waals surface area contributed by atoms with E-state index in [0.29, 0.717) is 23.0 Å². The number of hydrogen-bond donors (Lipinski definition) is 0. The predicted molar refractivity (Wildman–Crippen MR) is 94.8 cm³/mol. The fourth-order valence-electron chi connectivity index (χ4n) is 4.22. The highest BCUT2D eigenvalue weighted by molar-refractivity contribution is 7.91. The quantitative estimate of drug-likeness (QED) is 0.848. The molecule has 2 aliphatic rings. The Morgan fingerprint density at radius 1 is 1.09 bits per heavy atom. The Kier molecular flexibility index (Phi) is 4.70. The minimum atomic E-state index is -3.11. The van der Waals surface area contributed by atoms with Crippen LogP contribution in [0.4, 0.5) is 5.69 Å². The molecule has 1 aromatic carbocycles. The van der Waals surface area contributed by atoms with E-state index < -0.39 is 9.84 Å². The standard InChI is InChI=1S/C18H28N2O2S/c1-4-23(21,22)18-9-7-15(8-10-18)19-12-11-16-5-6-17(13-19)20(16)14(2)3/h7-10,14,16-17H,4-6,11-13H2,1-3H3. The van der Waals surface area contributed by atoms with Gasteiger partial charge >= 0.3 is 0 Å². The molecule has 4 nitrogen and oxygen atoms in total. The summed E-state index contributed by atoms with van der Waals surface area (Å²) >= 11 is 0. The molecule has 5 heteroatoms. The van der Waals surface area contributed by atoms with Gasteiger partial charge in [-0.25, -0.2) is 8.42 Å². The molecule has 3 rings (SSSR count). The van der Waals surface area contributed by atoms with E-state index in [2.05, 4.69) is 23.6 Å². The van der Waals surface area contributed by atoms with Crippen LogP contribution < -0.4 is 4.90 Å². The Morgan fingerprint density at radius 2 is 1.74 bits per heavy atom. The molecule has 2 fully saturated rings. The Hall–Kier alpha value is -1.07. The van der Waals surface area contributed by atoms with Gasteiger partial charge in [0.05, 0.1) is 10.6 Å². The van der Waals surface area contributed by atoms with Crippen LogP contribution in [0.2, 0.25) is 0 Å². The summed E-state index contributed by atoms with van der Waals surface area (Å²) in [6.07, 6.45) is 3.80. The second kappa shape index (κ2) is 6.44. The highest BCUT2D eigenvalue weighted by atomic mass is 32.2. The number of rotatable bonds is 4. The molecule has 23 heavy (non-hydrogen) atoms. The van der Waals surface area contributed by atoms with Crippen LogP contribution in [-0.2, 0) is 9.84 Å². The highest BCUT2D eigenvalue weighted by Gasteiger charge is 2.38. The van der Waals surface area contributed by atoms with Gasteiger partial charge in [-0.2, -0.15) is 0 Å². The van der Waals surface area contributed by atoms with Gasteiger partial charge in [0, 0.05) is 36.9 Å². The highest BCUT2D eigenvalue weighted by Crippen LogP contribution is 2.33. The summed E-state index contributed by atoms with van der Waals surface area (Å²) in [7, 11) is -3.11. The Balaban J connectivity index is 1.78. The second-order valence-corrected chi connectivity index (χ2v) is 9.34. The van der Waals surface area contributed by atoms with Crippen molar-refractivity contribution in [2.24, 2.45) is 0 Å². The summed E-state index contributed by atoms with van der Waals surface area (Å²) in [6.45, 7) is 8.39. The van der Waals surface area contributed by atoms with Crippen LogP contribution in [0.3, 0.4) is 0 Å². The van der Waals surface area contributed by atoms with Crippen LogP contribution in [0.5, 0.6) is 0 Å². The minimum Gasteiger partial charge on any atom is -0.370 e. The number of sulfone groups is 1. The van der Waals surface area contributed by atoms with E-state index in [1.165, 1.54) is 19.3 Å². The van der Waals surface area contributed by atoms with E-state index in [0.717, 1.165) is 18.8 Å². The lowest BCUT2D eigenvalue weighted by atomic mass is 10.1. The van der Waals surface area contributed by atoms with E-state index in [1.807, 2.05) is 12.1 Å². The van der Waals surface area contributed by atoms with Gasteiger partial charge in [0.1, 0.15) is 0 Å². The first-order valence-corrected chi connectivity index (χ1v) is 10.4. The van der Waals surface area contributed by atoms with Crippen molar-refractivity contribution < 1.29 is 8.42 Å². The summed E-state index contributed by atoms with van der Waals surface area (Å²) in [5.41, 5.74) is 1.15. The van der Waals surface area contributed by atoms with Crippen molar-refractivity contribution in [3.8, 4) is 0 Å². The molecule has 2 aliphatic heterocycles. The fourth-order valence-corrected chi connectivity index (χ4v) is 5.10. The molecule has 0 radical (unpaired) electrons. The molecule has 0 spiro atoms. The van der Waals surface area contributed by atoms with Gasteiger partial charge < -0.3 is 4.90 Å². The molecule has 0 N–H and O–H groups in total. The molecule has 2 unspecified atom stereocenters. The molecule has 2 atom stereocenters. The Morgan fingerprint density at radius 3 is 2.35 bits per heavy atom. The van der Waals surface area contributed by atoms with Crippen LogP contribution in [-0.4, -0.2) is 50.3 Å². The zero-order valence-corrected chi connectivity index (χ0v) is 15.2. The molecule has 2 heterocycles. The van der Waals surface area contributed by atoms with Crippen molar-refractivity contribution in [2.45, 2.75) is 63.1 Å². The fraction of sp³-hybridized carbons (Fsp3) is 0.667. The van der Waals surface area contributed by atoms with Crippen molar-refractivity contribution in [1.29, 1.82) is 0 Å². The van der Waals surface area contributed by atoms with E-state index in [9.17, 15) is 8.42 Å². The molecule has 0 aliphatic carbocycles. The van der Waals surface area contributed by atoms with Gasteiger partial charge in [-0.15, -0.1) is 0 Å². The largest absolute Gasteiger partial charge is 0.370 e. The SMILES string of the molecule is CCS(=O)(=O)c1ccc(N2CCC3CCC(C2)N3C(C)C)cc1. The minimum absolute atomic E-state index is 0.156. The average molecular weight is 337 g/mol. The zero-order chi connectivity index (χ0) is 16.6. The van der Waals surface area contributed by atoms with E-state index in [-0.39, 0.29) is 5.75 Å². The molecule has 0 aromatic heterocycles. The third kappa shape index (κ3) is 3.26. The van der Waals surface area contributed by atoms with Gasteiger partial charge in [0.15, 0.2) is 9.84 Å². The van der Waals surface area contributed by atoms with Crippen molar-refractivity contribution in [3.05, 3.63) is 24.3 Å². The maximum Gasteiger partial charge on any atom is 0.178 e. The van der Waals surface area contributed by atoms with Crippen molar-refractivity contribution in [2.75, 3.05) is 23.7 Å². The van der Waals surface area contributed by atoms with Crippen LogP contribution in [0.1, 0.15) is 40.0 Å². The lowest BCUT2D eigenvalue weighted by Gasteiger charge is -2.32. The average Bonchev–Trinajstić information content (AvgIpc) is 2.82. The summed E-state index contributed by atoms with van der Waals surface area (Å²) in [6, 6.07) is 9.41. The van der Waals surface area contributed by atoms with E-state index >= 15 is 0 Å². The molecule has 2 saturated heterocycles. The van der Waals surface area contributed by atoms with Crippen LogP contribution in [0.15, 0.2) is 29.2 Å². The number of nitrogens with zero attached hydrogens (tertiary/aromatic N) is 2. The van der Waals surface area contributed by atoms with Crippen LogP contribution >= 0.6 is 0 Å².